The highest BCUT2D eigenvalue weighted by atomic mass is 32.2. The van der Waals surface area contributed by atoms with Gasteiger partial charge in [0.1, 0.15) is 11.6 Å². The van der Waals surface area contributed by atoms with Gasteiger partial charge in [-0.1, -0.05) is 23.9 Å². The zero-order valence-electron chi connectivity index (χ0n) is 16.5. The van der Waals surface area contributed by atoms with Gasteiger partial charge in [-0.05, 0) is 43.3 Å². The number of thioether (sulfide) groups is 1. The van der Waals surface area contributed by atoms with Crippen LogP contribution in [0.1, 0.15) is 24.4 Å². The van der Waals surface area contributed by atoms with Crippen LogP contribution >= 0.6 is 11.8 Å². The van der Waals surface area contributed by atoms with Crippen LogP contribution in [0.5, 0.6) is 5.75 Å². The lowest BCUT2D eigenvalue weighted by molar-refractivity contribution is -0.137. The molecule has 1 N–H and O–H groups in total. The Hall–Kier alpha value is -3.08. The van der Waals surface area contributed by atoms with Gasteiger partial charge in [0, 0.05) is 7.05 Å². The van der Waals surface area contributed by atoms with Crippen molar-refractivity contribution >= 4 is 23.4 Å². The lowest BCUT2D eigenvalue weighted by Gasteiger charge is -2.14. The molecular formula is C20H18F4N4O2S. The fraction of sp³-hybridized carbons (Fsp3) is 0.250. The molecular weight excluding hydrogens is 436 g/mol. The van der Waals surface area contributed by atoms with Crippen LogP contribution < -0.4 is 10.1 Å². The summed E-state index contributed by atoms with van der Waals surface area (Å²) in [4.78, 5) is 12.2. The summed E-state index contributed by atoms with van der Waals surface area (Å²) in [6.07, 6.45) is -5.08. The average Bonchev–Trinajstić information content (AvgIpc) is 3.08. The lowest BCUT2D eigenvalue weighted by atomic mass is 10.1. The van der Waals surface area contributed by atoms with E-state index < -0.39 is 23.8 Å². The fourth-order valence-electron chi connectivity index (χ4n) is 2.73. The van der Waals surface area contributed by atoms with Crippen molar-refractivity contribution in [1.29, 1.82) is 0 Å². The molecule has 0 saturated heterocycles. The van der Waals surface area contributed by atoms with Crippen LogP contribution in [0.25, 0.3) is 0 Å². The molecule has 3 aromatic rings. The Balaban J connectivity index is 1.61. The van der Waals surface area contributed by atoms with Gasteiger partial charge < -0.3 is 14.6 Å². The van der Waals surface area contributed by atoms with Gasteiger partial charge in [-0.2, -0.15) is 13.2 Å². The number of benzene rings is 2. The Bertz CT molecular complexity index is 1050. The average molecular weight is 454 g/mol. The van der Waals surface area contributed by atoms with Crippen LogP contribution in [-0.4, -0.2) is 26.4 Å². The molecule has 3 rings (SSSR count). The normalized spacial score (nSPS) is 12.5. The highest BCUT2D eigenvalue weighted by molar-refractivity contribution is 7.99. The molecule has 0 spiro atoms. The minimum atomic E-state index is -4.57. The Labute approximate surface area is 179 Å². The van der Waals surface area contributed by atoms with Crippen molar-refractivity contribution in [3.05, 3.63) is 65.7 Å². The first-order valence-electron chi connectivity index (χ1n) is 9.05. The molecule has 0 radical (unpaired) electrons. The molecule has 1 unspecified atom stereocenters. The molecule has 0 bridgehead atoms. The number of ether oxygens (including phenoxy) is 1. The quantitative estimate of drug-likeness (QED) is 0.409. The van der Waals surface area contributed by atoms with E-state index in [1.165, 1.54) is 42.5 Å². The number of rotatable bonds is 7. The third kappa shape index (κ3) is 5.75. The summed E-state index contributed by atoms with van der Waals surface area (Å²) in [7, 11) is 1.68. The van der Waals surface area contributed by atoms with E-state index in [2.05, 4.69) is 15.5 Å². The molecule has 164 valence electrons. The Morgan fingerprint density at radius 1 is 1.16 bits per heavy atom. The van der Waals surface area contributed by atoms with Crippen molar-refractivity contribution in [2.24, 2.45) is 7.05 Å². The standard InChI is InChI=1S/C20H18F4N4O2S/c1-12(30-14-9-7-13(21)8-10-14)18-26-27-19(28(18)2)31-11-17(29)25-16-6-4-3-5-15(16)20(22,23)24/h3-10,12H,11H2,1-2H3,(H,25,29). The number of nitrogens with one attached hydrogen (secondary N) is 1. The van der Waals surface area contributed by atoms with E-state index in [0.717, 1.165) is 17.8 Å². The summed E-state index contributed by atoms with van der Waals surface area (Å²) in [5.41, 5.74) is -1.22. The second-order valence-electron chi connectivity index (χ2n) is 6.49. The molecule has 2 aromatic carbocycles. The number of halogens is 4. The first-order chi connectivity index (χ1) is 14.6. The molecule has 0 aliphatic rings. The highest BCUT2D eigenvalue weighted by Gasteiger charge is 2.33. The van der Waals surface area contributed by atoms with Gasteiger partial charge in [-0.15, -0.1) is 10.2 Å². The number of hydrogen-bond donors (Lipinski definition) is 1. The van der Waals surface area contributed by atoms with Crippen LogP contribution in [-0.2, 0) is 18.0 Å². The van der Waals surface area contributed by atoms with E-state index in [0.29, 0.717) is 16.7 Å². The molecule has 6 nitrogen and oxygen atoms in total. The number of amides is 1. The summed E-state index contributed by atoms with van der Waals surface area (Å²) < 4.78 is 59.5. The SMILES string of the molecule is CC(Oc1ccc(F)cc1)c1nnc(SCC(=O)Nc2ccccc2C(F)(F)F)n1C. The number of para-hydroxylation sites is 1. The van der Waals surface area contributed by atoms with Crippen LogP contribution in [0.2, 0.25) is 0 Å². The summed E-state index contributed by atoms with van der Waals surface area (Å²) in [6, 6.07) is 10.3. The maximum Gasteiger partial charge on any atom is 0.418 e. The minimum Gasteiger partial charge on any atom is -0.483 e. The second kappa shape index (κ2) is 9.38. The highest BCUT2D eigenvalue weighted by Crippen LogP contribution is 2.34. The second-order valence-corrected chi connectivity index (χ2v) is 7.44. The van der Waals surface area contributed by atoms with Crippen molar-refractivity contribution < 1.29 is 27.1 Å². The molecule has 0 aliphatic heterocycles. The number of alkyl halides is 3. The predicted octanol–water partition coefficient (Wildman–Crippen LogP) is 4.84. The maximum absolute atomic E-state index is 13.0. The Kier molecular flexibility index (Phi) is 6.84. The molecule has 11 heteroatoms. The van der Waals surface area contributed by atoms with Crippen LogP contribution in [0.4, 0.5) is 23.2 Å². The van der Waals surface area contributed by atoms with Gasteiger partial charge >= 0.3 is 6.18 Å². The molecule has 1 amide bonds. The molecule has 1 aromatic heterocycles. The third-order valence-electron chi connectivity index (χ3n) is 4.20. The van der Waals surface area contributed by atoms with Gasteiger partial charge in [-0.25, -0.2) is 4.39 Å². The van der Waals surface area contributed by atoms with Gasteiger partial charge in [-0.3, -0.25) is 4.79 Å². The molecule has 0 saturated carbocycles. The van der Waals surface area contributed by atoms with Crippen molar-refractivity contribution in [2.45, 2.75) is 24.4 Å². The van der Waals surface area contributed by atoms with Gasteiger partial charge in [0.15, 0.2) is 17.1 Å². The number of nitrogens with zero attached hydrogens (tertiary/aromatic N) is 3. The first kappa shape index (κ1) is 22.6. The van der Waals surface area contributed by atoms with Gasteiger partial charge in [0.05, 0.1) is 17.0 Å². The van der Waals surface area contributed by atoms with E-state index >= 15 is 0 Å². The Morgan fingerprint density at radius 2 is 1.84 bits per heavy atom. The van der Waals surface area contributed by atoms with E-state index in [1.54, 1.807) is 18.5 Å². The first-order valence-corrected chi connectivity index (χ1v) is 10.0. The van der Waals surface area contributed by atoms with Crippen molar-refractivity contribution in [3.8, 4) is 5.75 Å². The maximum atomic E-state index is 13.0. The fourth-order valence-corrected chi connectivity index (χ4v) is 3.45. The van der Waals surface area contributed by atoms with Crippen LogP contribution in [0.3, 0.4) is 0 Å². The van der Waals surface area contributed by atoms with Crippen molar-refractivity contribution in [1.82, 2.24) is 14.8 Å². The smallest absolute Gasteiger partial charge is 0.418 e. The largest absolute Gasteiger partial charge is 0.483 e. The zero-order valence-corrected chi connectivity index (χ0v) is 17.3. The van der Waals surface area contributed by atoms with Crippen molar-refractivity contribution in [2.75, 3.05) is 11.1 Å². The van der Waals surface area contributed by atoms with Gasteiger partial charge in [0.2, 0.25) is 5.91 Å². The summed E-state index contributed by atoms with van der Waals surface area (Å²) in [6.45, 7) is 1.74. The van der Waals surface area contributed by atoms with E-state index in [4.69, 9.17) is 4.74 Å². The summed E-state index contributed by atoms with van der Waals surface area (Å²) in [5.74, 6) is -0.232. The zero-order chi connectivity index (χ0) is 22.6. The molecule has 31 heavy (non-hydrogen) atoms. The van der Waals surface area contributed by atoms with E-state index in [9.17, 15) is 22.4 Å². The Morgan fingerprint density at radius 3 is 2.52 bits per heavy atom. The van der Waals surface area contributed by atoms with Crippen LogP contribution in [0.15, 0.2) is 53.7 Å². The van der Waals surface area contributed by atoms with Crippen LogP contribution in [0, 0.1) is 5.82 Å². The molecule has 1 atom stereocenters. The number of aromatic nitrogens is 3. The molecule has 1 heterocycles. The lowest BCUT2D eigenvalue weighted by Crippen LogP contribution is -2.18. The summed E-state index contributed by atoms with van der Waals surface area (Å²) in [5, 5.41) is 10.7. The van der Waals surface area contributed by atoms with Gasteiger partial charge in [0.25, 0.3) is 0 Å². The van der Waals surface area contributed by atoms with E-state index in [1.807, 2.05) is 0 Å². The monoisotopic (exact) mass is 454 g/mol. The molecule has 0 fully saturated rings. The minimum absolute atomic E-state index is 0.161. The number of carbonyl (C=O) groups excluding carboxylic acids is 1. The predicted molar refractivity (Wildman–Crippen MR) is 107 cm³/mol. The number of carbonyl (C=O) groups is 1. The summed E-state index contributed by atoms with van der Waals surface area (Å²) >= 11 is 1.03. The number of anilines is 1. The molecule has 0 aliphatic carbocycles. The van der Waals surface area contributed by atoms with E-state index in [-0.39, 0.29) is 17.3 Å². The number of hydrogen-bond acceptors (Lipinski definition) is 5. The topological polar surface area (TPSA) is 69.0 Å². The third-order valence-corrected chi connectivity index (χ3v) is 5.22. The van der Waals surface area contributed by atoms with Crippen molar-refractivity contribution in [3.63, 3.8) is 0 Å².